The van der Waals surface area contributed by atoms with Gasteiger partial charge in [-0.2, -0.15) is 0 Å². The van der Waals surface area contributed by atoms with E-state index in [0.717, 1.165) is 49.1 Å². The van der Waals surface area contributed by atoms with Crippen molar-refractivity contribution in [3.05, 3.63) is 47.8 Å². The van der Waals surface area contributed by atoms with Crippen LogP contribution in [0.5, 0.6) is 17.2 Å². The first-order valence-electron chi connectivity index (χ1n) is 11.7. The van der Waals surface area contributed by atoms with Crippen LogP contribution in [0.1, 0.15) is 42.4 Å². The predicted molar refractivity (Wildman–Crippen MR) is 132 cm³/mol. The Hall–Kier alpha value is -3.26. The van der Waals surface area contributed by atoms with Gasteiger partial charge in [0.1, 0.15) is 5.82 Å². The van der Waals surface area contributed by atoms with Gasteiger partial charge >= 0.3 is 0 Å². The van der Waals surface area contributed by atoms with E-state index in [1.807, 2.05) is 19.1 Å². The maximum absolute atomic E-state index is 12.6. The zero-order valence-electron chi connectivity index (χ0n) is 20.6. The number of aryl methyl sites for hydroxylation is 1. The fourth-order valence-corrected chi connectivity index (χ4v) is 3.97. The van der Waals surface area contributed by atoms with Crippen LogP contribution in [-0.2, 0) is 17.7 Å². The van der Waals surface area contributed by atoms with Gasteiger partial charge in [-0.1, -0.05) is 18.6 Å². The van der Waals surface area contributed by atoms with Gasteiger partial charge < -0.3 is 28.8 Å². The summed E-state index contributed by atoms with van der Waals surface area (Å²) in [6.45, 7) is 4.79. The molecule has 0 aliphatic rings. The molecule has 2 aromatic carbocycles. The zero-order chi connectivity index (χ0) is 24.3. The third kappa shape index (κ3) is 6.20. The van der Waals surface area contributed by atoms with Crippen molar-refractivity contribution in [1.29, 1.82) is 0 Å². The Morgan fingerprint density at radius 3 is 2.41 bits per heavy atom. The van der Waals surface area contributed by atoms with E-state index in [1.54, 1.807) is 12.1 Å². The molecule has 0 aliphatic carbocycles. The van der Waals surface area contributed by atoms with Crippen LogP contribution in [0.4, 0.5) is 0 Å². The van der Waals surface area contributed by atoms with Crippen LogP contribution in [0, 0.1) is 0 Å². The molecule has 0 unspecified atom stereocenters. The number of aromatic nitrogens is 2. The summed E-state index contributed by atoms with van der Waals surface area (Å²) in [6, 6.07) is 11.5. The van der Waals surface area contributed by atoms with Crippen molar-refractivity contribution < 1.29 is 23.7 Å². The first-order chi connectivity index (χ1) is 16.6. The molecule has 0 bridgehead atoms. The largest absolute Gasteiger partial charge is 0.493 e. The minimum atomic E-state index is -0.169. The molecule has 3 rings (SSSR count). The highest BCUT2D eigenvalue weighted by Crippen LogP contribution is 2.38. The molecule has 1 aromatic heterocycles. The van der Waals surface area contributed by atoms with E-state index in [4.69, 9.17) is 23.9 Å². The molecule has 0 spiro atoms. The third-order valence-electron chi connectivity index (χ3n) is 5.69. The van der Waals surface area contributed by atoms with Crippen molar-refractivity contribution in [2.24, 2.45) is 0 Å². The number of hydrogen-bond donors (Lipinski definition) is 1. The molecule has 34 heavy (non-hydrogen) atoms. The molecule has 1 heterocycles. The summed E-state index contributed by atoms with van der Waals surface area (Å²) >= 11 is 0. The van der Waals surface area contributed by atoms with E-state index in [-0.39, 0.29) is 5.91 Å². The van der Waals surface area contributed by atoms with Gasteiger partial charge in [-0.15, -0.1) is 0 Å². The van der Waals surface area contributed by atoms with E-state index >= 15 is 0 Å². The van der Waals surface area contributed by atoms with E-state index in [1.165, 1.54) is 21.3 Å². The van der Waals surface area contributed by atoms with Gasteiger partial charge in [0.15, 0.2) is 11.5 Å². The molecule has 0 saturated heterocycles. The predicted octanol–water partition coefficient (Wildman–Crippen LogP) is 4.24. The van der Waals surface area contributed by atoms with Crippen LogP contribution in [0.2, 0.25) is 0 Å². The summed E-state index contributed by atoms with van der Waals surface area (Å²) < 4.78 is 23.8. The number of imidazole rings is 1. The number of para-hydroxylation sites is 2. The highest BCUT2D eigenvalue weighted by Gasteiger charge is 2.17. The molecule has 1 N–H and O–H groups in total. The molecular weight excluding hydrogens is 434 g/mol. The van der Waals surface area contributed by atoms with Gasteiger partial charge in [0.25, 0.3) is 5.91 Å². The van der Waals surface area contributed by atoms with E-state index < -0.39 is 0 Å². The number of carbonyl (C=O) groups excluding carboxylic acids is 1. The molecule has 8 nitrogen and oxygen atoms in total. The van der Waals surface area contributed by atoms with Crippen LogP contribution < -0.4 is 19.5 Å². The average molecular weight is 470 g/mol. The topological polar surface area (TPSA) is 83.8 Å². The number of nitrogens with one attached hydrogen (secondary N) is 1. The van der Waals surface area contributed by atoms with Crippen LogP contribution in [-0.4, -0.2) is 56.5 Å². The number of methoxy groups -OCH3 is 3. The number of fused-ring (bicyclic) bond motifs is 1. The summed E-state index contributed by atoms with van der Waals surface area (Å²) in [5.41, 5.74) is 2.64. The van der Waals surface area contributed by atoms with E-state index in [2.05, 4.69) is 22.0 Å². The van der Waals surface area contributed by atoms with Crippen LogP contribution in [0.15, 0.2) is 36.4 Å². The average Bonchev–Trinajstić information content (AvgIpc) is 3.22. The van der Waals surface area contributed by atoms with Gasteiger partial charge in [0.05, 0.1) is 39.0 Å². The Bertz CT molecular complexity index is 1050. The van der Waals surface area contributed by atoms with E-state index in [0.29, 0.717) is 42.6 Å². The first kappa shape index (κ1) is 25.4. The lowest BCUT2D eigenvalue weighted by atomic mass is 10.1. The van der Waals surface area contributed by atoms with Crippen molar-refractivity contribution in [3.8, 4) is 17.2 Å². The second-order valence-electron chi connectivity index (χ2n) is 7.85. The van der Waals surface area contributed by atoms with Crippen molar-refractivity contribution in [1.82, 2.24) is 14.9 Å². The fourth-order valence-electron chi connectivity index (χ4n) is 3.97. The molecule has 0 aliphatic heterocycles. The van der Waals surface area contributed by atoms with Crippen molar-refractivity contribution in [2.45, 2.75) is 39.2 Å². The molecule has 3 aromatic rings. The quantitative estimate of drug-likeness (QED) is 0.356. The number of nitrogens with zero attached hydrogens (tertiary/aromatic N) is 2. The molecule has 1 amide bonds. The zero-order valence-corrected chi connectivity index (χ0v) is 20.6. The number of amides is 1. The van der Waals surface area contributed by atoms with Crippen LogP contribution >= 0.6 is 0 Å². The molecule has 0 radical (unpaired) electrons. The molecule has 184 valence electrons. The van der Waals surface area contributed by atoms with Crippen molar-refractivity contribution in [2.75, 3.05) is 41.1 Å². The van der Waals surface area contributed by atoms with E-state index in [9.17, 15) is 4.79 Å². The summed E-state index contributed by atoms with van der Waals surface area (Å²) in [7, 11) is 4.60. The Kier molecular flexibility index (Phi) is 9.58. The number of rotatable bonds is 14. The SMILES string of the molecule is CCOCCn1c(CCCCCNC(=O)c2cc(OC)c(OC)c(OC)c2)nc2ccccc21. The normalized spacial score (nSPS) is 10.9. The molecule has 0 atom stereocenters. The molecule has 0 saturated carbocycles. The lowest BCUT2D eigenvalue weighted by Gasteiger charge is -2.14. The van der Waals surface area contributed by atoms with Crippen LogP contribution in [0.25, 0.3) is 11.0 Å². The third-order valence-corrected chi connectivity index (χ3v) is 5.69. The summed E-state index contributed by atoms with van der Waals surface area (Å²) in [6.07, 6.45) is 3.76. The second kappa shape index (κ2) is 12.8. The Morgan fingerprint density at radius 1 is 1.00 bits per heavy atom. The number of unbranched alkanes of at least 4 members (excludes halogenated alkanes) is 2. The monoisotopic (exact) mass is 469 g/mol. The smallest absolute Gasteiger partial charge is 0.251 e. The highest BCUT2D eigenvalue weighted by molar-refractivity contribution is 5.95. The molecule has 8 heteroatoms. The van der Waals surface area contributed by atoms with Gasteiger partial charge in [-0.25, -0.2) is 4.98 Å². The Morgan fingerprint density at radius 2 is 1.74 bits per heavy atom. The second-order valence-corrected chi connectivity index (χ2v) is 7.85. The maximum atomic E-state index is 12.6. The summed E-state index contributed by atoms with van der Waals surface area (Å²) in [5, 5.41) is 2.98. The maximum Gasteiger partial charge on any atom is 0.251 e. The lowest BCUT2D eigenvalue weighted by Crippen LogP contribution is -2.24. The van der Waals surface area contributed by atoms with Crippen LogP contribution in [0.3, 0.4) is 0 Å². The summed E-state index contributed by atoms with van der Waals surface area (Å²) in [5.74, 6) is 2.30. The number of benzene rings is 2. The van der Waals surface area contributed by atoms with Crippen molar-refractivity contribution >= 4 is 16.9 Å². The molecular formula is C26H35N3O5. The standard InChI is InChI=1S/C26H35N3O5/c1-5-34-16-15-29-21-12-9-8-11-20(21)28-24(29)13-7-6-10-14-27-26(30)19-17-22(31-2)25(33-4)23(18-19)32-3/h8-9,11-12,17-18H,5-7,10,13-16H2,1-4H3,(H,27,30). The minimum absolute atomic E-state index is 0.169. The van der Waals surface area contributed by atoms with Gasteiger partial charge in [0, 0.05) is 31.7 Å². The van der Waals surface area contributed by atoms with Gasteiger partial charge in [0.2, 0.25) is 5.75 Å². The van der Waals surface area contributed by atoms with Crippen molar-refractivity contribution in [3.63, 3.8) is 0 Å². The number of ether oxygens (including phenoxy) is 4. The lowest BCUT2D eigenvalue weighted by molar-refractivity contribution is 0.0952. The number of carbonyl (C=O) groups is 1. The fraction of sp³-hybridized carbons (Fsp3) is 0.462. The molecule has 0 fully saturated rings. The highest BCUT2D eigenvalue weighted by atomic mass is 16.5. The Balaban J connectivity index is 1.50. The summed E-state index contributed by atoms with van der Waals surface area (Å²) in [4.78, 5) is 17.4. The van der Waals surface area contributed by atoms with Gasteiger partial charge in [-0.3, -0.25) is 4.79 Å². The Labute approximate surface area is 201 Å². The first-order valence-corrected chi connectivity index (χ1v) is 11.7. The minimum Gasteiger partial charge on any atom is -0.493 e. The van der Waals surface area contributed by atoms with Gasteiger partial charge in [-0.05, 0) is 44.0 Å². The number of hydrogen-bond acceptors (Lipinski definition) is 6.